The van der Waals surface area contributed by atoms with E-state index < -0.39 is 12.0 Å². The molecule has 7 nitrogen and oxygen atoms in total. The SMILES string of the molecule is CC(C)C(=O)Nc1ccc([C@H](C(=O)O)N2CCC(Cn3ccnc3)CC2)cc1. The lowest BCUT2D eigenvalue weighted by atomic mass is 9.94. The lowest BCUT2D eigenvalue weighted by Crippen LogP contribution is -2.40. The summed E-state index contributed by atoms with van der Waals surface area (Å²) in [4.78, 5) is 29.9. The van der Waals surface area contributed by atoms with Gasteiger partial charge in [0.2, 0.25) is 5.91 Å². The number of benzene rings is 1. The normalized spacial score (nSPS) is 16.8. The molecule has 0 aliphatic carbocycles. The highest BCUT2D eigenvalue weighted by molar-refractivity contribution is 5.92. The number of nitrogens with zero attached hydrogens (tertiary/aromatic N) is 3. The number of nitrogens with one attached hydrogen (secondary N) is 1. The highest BCUT2D eigenvalue weighted by atomic mass is 16.4. The van der Waals surface area contributed by atoms with Crippen LogP contribution in [0.3, 0.4) is 0 Å². The molecule has 1 aromatic heterocycles. The molecule has 1 amide bonds. The highest BCUT2D eigenvalue weighted by Gasteiger charge is 2.31. The molecule has 7 heteroatoms. The zero-order valence-corrected chi connectivity index (χ0v) is 16.4. The van der Waals surface area contributed by atoms with E-state index >= 15 is 0 Å². The minimum atomic E-state index is -0.841. The van der Waals surface area contributed by atoms with Crippen molar-refractivity contribution in [1.29, 1.82) is 0 Å². The summed E-state index contributed by atoms with van der Waals surface area (Å²) in [6, 6.07) is 6.48. The molecule has 0 radical (unpaired) electrons. The molecular formula is C21H28N4O3. The maximum atomic E-state index is 12.0. The van der Waals surface area contributed by atoms with E-state index in [1.54, 1.807) is 30.5 Å². The quantitative estimate of drug-likeness (QED) is 0.766. The fourth-order valence-corrected chi connectivity index (χ4v) is 3.63. The summed E-state index contributed by atoms with van der Waals surface area (Å²) in [7, 11) is 0. The summed E-state index contributed by atoms with van der Waals surface area (Å²) >= 11 is 0. The van der Waals surface area contributed by atoms with Gasteiger partial charge in [-0.1, -0.05) is 26.0 Å². The Hall–Kier alpha value is -2.67. The molecule has 1 aliphatic heterocycles. The van der Waals surface area contributed by atoms with Gasteiger partial charge in [-0.3, -0.25) is 14.5 Å². The van der Waals surface area contributed by atoms with Crippen molar-refractivity contribution in [2.24, 2.45) is 11.8 Å². The third-order valence-corrected chi connectivity index (χ3v) is 5.29. The second kappa shape index (κ2) is 9.01. The number of piperidine rings is 1. The lowest BCUT2D eigenvalue weighted by Gasteiger charge is -2.36. The summed E-state index contributed by atoms with van der Waals surface area (Å²) in [5, 5.41) is 12.7. The van der Waals surface area contributed by atoms with Crippen LogP contribution in [0.5, 0.6) is 0 Å². The van der Waals surface area contributed by atoms with E-state index in [9.17, 15) is 14.7 Å². The number of carbonyl (C=O) groups excluding carboxylic acids is 1. The standard InChI is InChI=1S/C21H28N4O3/c1-15(2)20(26)23-18-5-3-17(4-6-18)19(21(27)28)25-10-7-16(8-11-25)13-24-12-9-22-14-24/h3-6,9,12,14-16,19H,7-8,10-11,13H2,1-2H3,(H,23,26)(H,27,28)/t19-/m1/s1. The van der Waals surface area contributed by atoms with Crippen LogP contribution in [0.15, 0.2) is 43.0 Å². The topological polar surface area (TPSA) is 87.5 Å². The summed E-state index contributed by atoms with van der Waals surface area (Å²) in [5.41, 5.74) is 1.42. The maximum absolute atomic E-state index is 12.0. The molecule has 1 aliphatic rings. The molecule has 0 unspecified atom stereocenters. The Labute approximate surface area is 165 Å². The van der Waals surface area contributed by atoms with Crippen LogP contribution in [-0.4, -0.2) is 44.5 Å². The number of hydrogen-bond acceptors (Lipinski definition) is 4. The molecule has 0 saturated carbocycles. The van der Waals surface area contributed by atoms with Crippen molar-refractivity contribution in [2.45, 2.75) is 39.3 Å². The largest absolute Gasteiger partial charge is 0.480 e. The number of likely N-dealkylation sites (tertiary alicyclic amines) is 1. The number of imidazole rings is 1. The average molecular weight is 384 g/mol. The Bertz CT molecular complexity index is 778. The fraction of sp³-hybridized carbons (Fsp3) is 0.476. The molecule has 1 fully saturated rings. The maximum Gasteiger partial charge on any atom is 0.325 e. The number of hydrogen-bond donors (Lipinski definition) is 2. The van der Waals surface area contributed by atoms with Gasteiger partial charge < -0.3 is 15.0 Å². The number of aliphatic carboxylic acids is 1. The van der Waals surface area contributed by atoms with Crippen LogP contribution in [-0.2, 0) is 16.1 Å². The molecule has 1 atom stereocenters. The van der Waals surface area contributed by atoms with Crippen LogP contribution in [0.25, 0.3) is 0 Å². The summed E-state index contributed by atoms with van der Waals surface area (Å²) in [6.07, 6.45) is 7.50. The van der Waals surface area contributed by atoms with Crippen LogP contribution in [0.1, 0.15) is 38.3 Å². The molecule has 3 rings (SSSR count). The predicted octanol–water partition coefficient (Wildman–Crippen LogP) is 3.02. The molecule has 28 heavy (non-hydrogen) atoms. The Balaban J connectivity index is 1.62. The number of amides is 1. The van der Waals surface area contributed by atoms with Crippen LogP contribution in [0, 0.1) is 11.8 Å². The van der Waals surface area contributed by atoms with Crippen LogP contribution >= 0.6 is 0 Å². The Morgan fingerprint density at radius 3 is 2.43 bits per heavy atom. The van der Waals surface area contributed by atoms with Crippen molar-refractivity contribution in [2.75, 3.05) is 18.4 Å². The van der Waals surface area contributed by atoms with Crippen molar-refractivity contribution in [3.8, 4) is 0 Å². The molecule has 2 heterocycles. The smallest absolute Gasteiger partial charge is 0.325 e. The minimum Gasteiger partial charge on any atom is -0.480 e. The van der Waals surface area contributed by atoms with Gasteiger partial charge >= 0.3 is 5.97 Å². The summed E-state index contributed by atoms with van der Waals surface area (Å²) in [5.74, 6) is -0.460. The Morgan fingerprint density at radius 2 is 1.89 bits per heavy atom. The first-order valence-corrected chi connectivity index (χ1v) is 9.77. The van der Waals surface area contributed by atoms with Gasteiger partial charge in [-0.25, -0.2) is 4.98 Å². The van der Waals surface area contributed by atoms with E-state index in [1.807, 2.05) is 31.3 Å². The molecule has 2 N–H and O–H groups in total. The fourth-order valence-electron chi connectivity index (χ4n) is 3.63. The highest BCUT2D eigenvalue weighted by Crippen LogP contribution is 2.29. The number of aromatic nitrogens is 2. The van der Waals surface area contributed by atoms with Gasteiger partial charge in [0.15, 0.2) is 0 Å². The minimum absolute atomic E-state index is 0.0532. The van der Waals surface area contributed by atoms with Crippen molar-refractivity contribution in [1.82, 2.24) is 14.5 Å². The van der Waals surface area contributed by atoms with Gasteiger partial charge in [0.25, 0.3) is 0 Å². The molecule has 0 bridgehead atoms. The Kier molecular flexibility index (Phi) is 6.46. The molecular weight excluding hydrogens is 356 g/mol. The van der Waals surface area contributed by atoms with Crippen LogP contribution in [0.4, 0.5) is 5.69 Å². The van der Waals surface area contributed by atoms with Crippen molar-refractivity contribution in [3.05, 3.63) is 48.5 Å². The second-order valence-corrected chi connectivity index (χ2v) is 7.75. The summed E-state index contributed by atoms with van der Waals surface area (Å²) in [6.45, 7) is 6.10. The zero-order chi connectivity index (χ0) is 20.1. The first kappa shape index (κ1) is 20.1. The zero-order valence-electron chi connectivity index (χ0n) is 16.4. The van der Waals surface area contributed by atoms with E-state index in [1.165, 1.54) is 0 Å². The van der Waals surface area contributed by atoms with E-state index in [0.29, 0.717) is 11.6 Å². The number of carboxylic acid groups (broad SMARTS) is 1. The molecule has 2 aromatic rings. The number of rotatable bonds is 7. The summed E-state index contributed by atoms with van der Waals surface area (Å²) < 4.78 is 2.08. The van der Waals surface area contributed by atoms with E-state index in [2.05, 4.69) is 14.9 Å². The van der Waals surface area contributed by atoms with Gasteiger partial charge in [-0.15, -0.1) is 0 Å². The first-order chi connectivity index (χ1) is 13.4. The number of carbonyl (C=O) groups is 2. The first-order valence-electron chi connectivity index (χ1n) is 9.77. The van der Waals surface area contributed by atoms with Gasteiger partial charge in [0.1, 0.15) is 6.04 Å². The van der Waals surface area contributed by atoms with E-state index in [4.69, 9.17) is 0 Å². The lowest BCUT2D eigenvalue weighted by molar-refractivity contribution is -0.144. The van der Waals surface area contributed by atoms with E-state index in [0.717, 1.165) is 38.0 Å². The number of carboxylic acids is 1. The van der Waals surface area contributed by atoms with Crippen LogP contribution < -0.4 is 5.32 Å². The van der Waals surface area contributed by atoms with Crippen molar-refractivity contribution >= 4 is 17.6 Å². The molecule has 1 aromatic carbocycles. The van der Waals surface area contributed by atoms with Gasteiger partial charge in [0.05, 0.1) is 6.33 Å². The third kappa shape index (κ3) is 4.98. The molecule has 1 saturated heterocycles. The molecule has 150 valence electrons. The van der Waals surface area contributed by atoms with Crippen molar-refractivity contribution < 1.29 is 14.7 Å². The average Bonchev–Trinajstić information content (AvgIpc) is 3.17. The second-order valence-electron chi connectivity index (χ2n) is 7.75. The van der Waals surface area contributed by atoms with Crippen LogP contribution in [0.2, 0.25) is 0 Å². The molecule has 0 spiro atoms. The van der Waals surface area contributed by atoms with Gasteiger partial charge in [-0.05, 0) is 49.5 Å². The predicted molar refractivity (Wildman–Crippen MR) is 107 cm³/mol. The van der Waals surface area contributed by atoms with Gasteiger partial charge in [-0.2, -0.15) is 0 Å². The van der Waals surface area contributed by atoms with Gasteiger partial charge in [0, 0.05) is 30.5 Å². The third-order valence-electron chi connectivity index (χ3n) is 5.29. The number of anilines is 1. The monoisotopic (exact) mass is 384 g/mol. The Morgan fingerprint density at radius 1 is 1.21 bits per heavy atom. The van der Waals surface area contributed by atoms with E-state index in [-0.39, 0.29) is 11.8 Å². The van der Waals surface area contributed by atoms with Crippen molar-refractivity contribution in [3.63, 3.8) is 0 Å².